The van der Waals surface area contributed by atoms with Gasteiger partial charge in [0.2, 0.25) is 5.88 Å². The Balaban J connectivity index is 1.18. The molecule has 158 valence electrons. The van der Waals surface area contributed by atoms with Gasteiger partial charge in [-0.2, -0.15) is 0 Å². The fraction of sp³-hybridized carbons (Fsp3) is 0.318. The highest BCUT2D eigenvalue weighted by Gasteiger charge is 2.45. The van der Waals surface area contributed by atoms with Crippen LogP contribution in [0.5, 0.6) is 5.88 Å². The molecule has 0 saturated carbocycles. The quantitative estimate of drug-likeness (QED) is 0.489. The first-order chi connectivity index (χ1) is 15.2. The highest BCUT2D eigenvalue weighted by Crippen LogP contribution is 2.39. The van der Waals surface area contributed by atoms with E-state index < -0.39 is 0 Å². The second kappa shape index (κ2) is 7.47. The van der Waals surface area contributed by atoms with E-state index in [9.17, 15) is 0 Å². The minimum Gasteiger partial charge on any atom is -0.481 e. The average Bonchev–Trinajstić information content (AvgIpc) is 3.45. The summed E-state index contributed by atoms with van der Waals surface area (Å²) in [6.45, 7) is 2.94. The average molecular weight is 453 g/mol. The molecule has 3 saturated heterocycles. The molecule has 7 heterocycles. The lowest BCUT2D eigenvalue weighted by Gasteiger charge is -2.56. The number of ether oxygens (including phenoxy) is 1. The van der Waals surface area contributed by atoms with Gasteiger partial charge in [0, 0.05) is 72.7 Å². The molecule has 3 aliphatic heterocycles. The summed E-state index contributed by atoms with van der Waals surface area (Å²) in [5.41, 5.74) is 3.99. The molecule has 3 aliphatic rings. The van der Waals surface area contributed by atoms with Crippen LogP contribution < -0.4 is 9.64 Å². The van der Waals surface area contributed by atoms with Gasteiger partial charge in [-0.15, -0.1) is 11.3 Å². The van der Waals surface area contributed by atoms with Gasteiger partial charge in [-0.1, -0.05) is 17.7 Å². The molecule has 2 bridgehead atoms. The highest BCUT2D eigenvalue weighted by molar-refractivity contribution is 7.14. The van der Waals surface area contributed by atoms with E-state index >= 15 is 0 Å². The normalized spacial score (nSPS) is 20.8. The van der Waals surface area contributed by atoms with Crippen LogP contribution in [0, 0.1) is 0 Å². The first-order valence-corrected chi connectivity index (χ1v) is 11.5. The second-order valence-electron chi connectivity index (χ2n) is 8.06. The largest absolute Gasteiger partial charge is 0.481 e. The van der Waals surface area contributed by atoms with Crippen LogP contribution in [-0.4, -0.2) is 57.1 Å². The van der Waals surface area contributed by atoms with E-state index in [0.717, 1.165) is 47.1 Å². The van der Waals surface area contributed by atoms with Gasteiger partial charge in [0.25, 0.3) is 0 Å². The van der Waals surface area contributed by atoms with Gasteiger partial charge in [-0.05, 0) is 18.1 Å². The number of fused-ring (bicyclic) bond motifs is 3. The van der Waals surface area contributed by atoms with Crippen molar-refractivity contribution in [3.63, 3.8) is 0 Å². The molecule has 7 rings (SSSR count). The molecule has 2 atom stereocenters. The van der Waals surface area contributed by atoms with Crippen molar-refractivity contribution in [2.45, 2.75) is 25.0 Å². The SMILES string of the molecule is COc1ccc(CN2C3CC2CN(c2nc(-c4ccnc5[nH]cc(Cl)c45)cs2)C3)cn1. The van der Waals surface area contributed by atoms with Crippen molar-refractivity contribution < 1.29 is 4.74 Å². The molecular formula is C22H21ClN6OS. The number of pyridine rings is 2. The molecule has 0 radical (unpaired) electrons. The van der Waals surface area contributed by atoms with Gasteiger partial charge < -0.3 is 14.6 Å². The number of aromatic amines is 1. The number of thiazole rings is 1. The van der Waals surface area contributed by atoms with E-state index in [0.29, 0.717) is 23.0 Å². The number of nitrogens with zero attached hydrogens (tertiary/aromatic N) is 5. The molecule has 2 unspecified atom stereocenters. The highest BCUT2D eigenvalue weighted by atomic mass is 35.5. The van der Waals surface area contributed by atoms with E-state index in [4.69, 9.17) is 21.3 Å². The maximum atomic E-state index is 6.38. The Kier molecular flexibility index (Phi) is 4.59. The molecule has 0 spiro atoms. The van der Waals surface area contributed by atoms with Crippen LogP contribution in [0.25, 0.3) is 22.3 Å². The van der Waals surface area contributed by atoms with Crippen molar-refractivity contribution in [3.05, 3.63) is 52.8 Å². The van der Waals surface area contributed by atoms with Crippen molar-refractivity contribution in [2.24, 2.45) is 0 Å². The third-order valence-electron chi connectivity index (χ3n) is 6.28. The number of aromatic nitrogens is 4. The number of methoxy groups -OCH3 is 1. The van der Waals surface area contributed by atoms with E-state index in [1.807, 2.05) is 18.3 Å². The van der Waals surface area contributed by atoms with Crippen molar-refractivity contribution in [3.8, 4) is 17.1 Å². The van der Waals surface area contributed by atoms with Crippen LogP contribution in [0.2, 0.25) is 5.02 Å². The summed E-state index contributed by atoms with van der Waals surface area (Å²) < 4.78 is 5.16. The smallest absolute Gasteiger partial charge is 0.212 e. The predicted molar refractivity (Wildman–Crippen MR) is 123 cm³/mol. The third-order valence-corrected chi connectivity index (χ3v) is 7.48. The Bertz CT molecular complexity index is 1230. The van der Waals surface area contributed by atoms with E-state index in [-0.39, 0.29) is 0 Å². The van der Waals surface area contributed by atoms with E-state index in [1.165, 1.54) is 12.0 Å². The van der Waals surface area contributed by atoms with Crippen molar-refractivity contribution >= 4 is 39.1 Å². The standard InChI is InChI=1S/C22H21ClN6OS/c1-30-19-3-2-13(7-25-19)9-29-14-6-15(29)11-28(10-14)22-27-18(12-31-22)16-4-5-24-21-20(16)17(23)8-26-21/h2-5,7-8,12,14-15H,6,9-11H2,1H3,(H,24,26). The lowest BCUT2D eigenvalue weighted by molar-refractivity contribution is -0.00852. The topological polar surface area (TPSA) is 70.2 Å². The molecule has 0 amide bonds. The van der Waals surface area contributed by atoms with Gasteiger partial charge in [0.15, 0.2) is 5.13 Å². The number of anilines is 1. The Hall–Kier alpha value is -2.68. The molecule has 7 nitrogen and oxygen atoms in total. The van der Waals surface area contributed by atoms with Crippen LogP contribution in [0.1, 0.15) is 12.0 Å². The Morgan fingerprint density at radius 2 is 2.10 bits per heavy atom. The van der Waals surface area contributed by atoms with Crippen molar-refractivity contribution in [1.29, 1.82) is 0 Å². The summed E-state index contributed by atoms with van der Waals surface area (Å²) in [5, 5.41) is 4.80. The van der Waals surface area contributed by atoms with E-state index in [1.54, 1.807) is 30.8 Å². The number of piperazine rings is 1. The molecule has 4 aromatic rings. The van der Waals surface area contributed by atoms with Gasteiger partial charge >= 0.3 is 0 Å². The zero-order valence-electron chi connectivity index (χ0n) is 17.0. The number of hydrogen-bond acceptors (Lipinski definition) is 7. The zero-order chi connectivity index (χ0) is 20.9. The fourth-order valence-electron chi connectivity index (χ4n) is 4.70. The molecule has 9 heteroatoms. The number of H-pyrrole nitrogens is 1. The first-order valence-electron chi connectivity index (χ1n) is 10.3. The Labute approximate surface area is 188 Å². The van der Waals surface area contributed by atoms with Crippen molar-refractivity contribution in [2.75, 3.05) is 25.1 Å². The summed E-state index contributed by atoms with van der Waals surface area (Å²) in [6.07, 6.45) is 6.74. The molecule has 4 aromatic heterocycles. The second-order valence-corrected chi connectivity index (χ2v) is 9.31. The van der Waals surface area contributed by atoms with E-state index in [2.05, 4.69) is 36.2 Å². The predicted octanol–water partition coefficient (Wildman–Crippen LogP) is 4.21. The molecule has 1 N–H and O–H groups in total. The Morgan fingerprint density at radius 1 is 1.23 bits per heavy atom. The molecule has 3 fully saturated rings. The molecule has 0 aromatic carbocycles. The number of hydrogen-bond donors (Lipinski definition) is 1. The summed E-state index contributed by atoms with van der Waals surface area (Å²) in [5.74, 6) is 0.658. The minimum absolute atomic E-state index is 0.556. The van der Waals surface area contributed by atoms with Gasteiger partial charge in [-0.3, -0.25) is 4.90 Å². The van der Waals surface area contributed by atoms with Gasteiger partial charge in [-0.25, -0.2) is 15.0 Å². The first kappa shape index (κ1) is 19.0. The third kappa shape index (κ3) is 3.26. The lowest BCUT2D eigenvalue weighted by atomic mass is 9.87. The van der Waals surface area contributed by atoms with Crippen molar-refractivity contribution in [1.82, 2.24) is 24.8 Å². The van der Waals surface area contributed by atoms with Gasteiger partial charge in [0.05, 0.1) is 17.8 Å². The van der Waals surface area contributed by atoms with Crippen LogP contribution >= 0.6 is 22.9 Å². The molecule has 31 heavy (non-hydrogen) atoms. The van der Waals surface area contributed by atoms with Crippen LogP contribution in [0.3, 0.4) is 0 Å². The van der Waals surface area contributed by atoms with Crippen LogP contribution in [0.15, 0.2) is 42.2 Å². The summed E-state index contributed by atoms with van der Waals surface area (Å²) in [4.78, 5) is 21.8. The maximum absolute atomic E-state index is 6.38. The minimum atomic E-state index is 0.556. The van der Waals surface area contributed by atoms with Crippen LogP contribution in [0.4, 0.5) is 5.13 Å². The summed E-state index contributed by atoms with van der Waals surface area (Å²) >= 11 is 8.08. The number of piperidine rings is 1. The monoisotopic (exact) mass is 452 g/mol. The molecule has 0 aliphatic carbocycles. The maximum Gasteiger partial charge on any atom is 0.212 e. The fourth-order valence-corrected chi connectivity index (χ4v) is 5.79. The number of nitrogens with one attached hydrogen (secondary N) is 1. The Morgan fingerprint density at radius 3 is 2.87 bits per heavy atom. The zero-order valence-corrected chi connectivity index (χ0v) is 18.5. The number of halogens is 1. The van der Waals surface area contributed by atoms with Gasteiger partial charge in [0.1, 0.15) is 5.65 Å². The molecular weight excluding hydrogens is 432 g/mol. The lowest BCUT2D eigenvalue weighted by Crippen LogP contribution is -2.68. The summed E-state index contributed by atoms with van der Waals surface area (Å²) in [6, 6.07) is 7.13. The van der Waals surface area contributed by atoms with Crippen LogP contribution in [-0.2, 0) is 6.54 Å². The summed E-state index contributed by atoms with van der Waals surface area (Å²) in [7, 11) is 1.64. The number of rotatable bonds is 5.